The molecule has 0 amide bonds. The summed E-state index contributed by atoms with van der Waals surface area (Å²) in [5, 5.41) is 15.8. The second-order valence-electron chi connectivity index (χ2n) is 1.01. The van der Waals surface area contributed by atoms with Gasteiger partial charge >= 0.3 is 29.0 Å². The summed E-state index contributed by atoms with van der Waals surface area (Å²) in [7, 11) is 0. The van der Waals surface area contributed by atoms with Crippen LogP contribution in [0.2, 0.25) is 0 Å². The Balaban J connectivity index is -0.0000000125. The molecule has 0 saturated carbocycles. The Morgan fingerprint density at radius 2 is 1.67 bits per heavy atom. The van der Waals surface area contributed by atoms with Crippen molar-refractivity contribution in [2.75, 3.05) is 0 Å². The minimum atomic E-state index is -1.23. The molecule has 0 heterocycles. The molecule has 0 radical (unpaired) electrons. The molecule has 0 aliphatic rings. The smallest absolute Gasteiger partial charge is 1.00 e. The first kappa shape index (κ1) is 22.9. The van der Waals surface area contributed by atoms with Crippen molar-refractivity contribution in [3.63, 3.8) is 0 Å². The molecular formula is C3H12MgO5. The number of aliphatic hydroxyl groups is 1. The largest absolute Gasteiger partial charge is 2.00 e. The van der Waals surface area contributed by atoms with Gasteiger partial charge in [0, 0.05) is 0 Å². The summed E-state index contributed by atoms with van der Waals surface area (Å²) in [4.78, 5) is 9.45. The third-order valence-electron chi connectivity index (χ3n) is 0.357. The molecule has 5 nitrogen and oxygen atoms in total. The normalized spacial score (nSPS) is 9.11. The van der Waals surface area contributed by atoms with Gasteiger partial charge in [-0.2, -0.15) is 0 Å². The number of hydrogen-bond acceptors (Lipinski definition) is 2. The second kappa shape index (κ2) is 11.0. The first-order chi connectivity index (χ1) is 2.64. The van der Waals surface area contributed by atoms with Gasteiger partial charge in [0.2, 0.25) is 0 Å². The molecule has 0 aromatic heterocycles. The van der Waals surface area contributed by atoms with Crippen molar-refractivity contribution >= 4 is 29.0 Å². The molecule has 9 heavy (non-hydrogen) atoms. The Labute approximate surface area is 71.4 Å². The zero-order valence-corrected chi connectivity index (χ0v) is 6.50. The van der Waals surface area contributed by atoms with Crippen molar-refractivity contribution in [3.8, 4) is 0 Å². The van der Waals surface area contributed by atoms with Crippen LogP contribution in [0.15, 0.2) is 0 Å². The maximum Gasteiger partial charge on any atom is 2.00 e. The first-order valence-electron chi connectivity index (χ1n) is 1.55. The maximum absolute atomic E-state index is 9.45. The minimum absolute atomic E-state index is 0. The van der Waals surface area contributed by atoms with E-state index in [1.54, 1.807) is 0 Å². The summed E-state index contributed by atoms with van der Waals surface area (Å²) in [6, 6.07) is 0. The van der Waals surface area contributed by atoms with E-state index in [1.807, 2.05) is 0 Å². The molecule has 0 saturated heterocycles. The van der Waals surface area contributed by atoms with Crippen molar-refractivity contribution in [2.24, 2.45) is 0 Å². The van der Waals surface area contributed by atoms with Crippen LogP contribution in [0.5, 0.6) is 0 Å². The van der Waals surface area contributed by atoms with Gasteiger partial charge in [0.15, 0.2) is 0 Å². The molecule has 0 fully saturated rings. The summed E-state index contributed by atoms with van der Waals surface area (Å²) in [6.07, 6.45) is -1.23. The predicted molar refractivity (Wildman–Crippen MR) is 34.5 cm³/mol. The molecular weight excluding hydrogens is 140 g/mol. The minimum Gasteiger partial charge on any atom is -1.00 e. The van der Waals surface area contributed by atoms with Gasteiger partial charge in [0.25, 0.3) is 0 Å². The monoisotopic (exact) mass is 152 g/mol. The van der Waals surface area contributed by atoms with Crippen molar-refractivity contribution in [2.45, 2.75) is 13.0 Å². The van der Waals surface area contributed by atoms with Crippen LogP contribution in [0, 0.1) is 0 Å². The summed E-state index contributed by atoms with van der Waals surface area (Å²) in [5.41, 5.74) is 0. The van der Waals surface area contributed by atoms with E-state index in [2.05, 4.69) is 0 Å². The summed E-state index contributed by atoms with van der Waals surface area (Å²) >= 11 is 0. The molecule has 0 aromatic carbocycles. The number of aliphatic hydroxyl groups excluding tert-OH is 1. The van der Waals surface area contributed by atoms with Crippen molar-refractivity contribution in [1.29, 1.82) is 0 Å². The topological polar surface area (TPSA) is 121 Å². The Hall–Kier alpha value is 0.116. The number of rotatable bonds is 1. The maximum atomic E-state index is 9.45. The fraction of sp³-hybridized carbons (Fsp3) is 0.667. The fourth-order valence-corrected chi connectivity index (χ4v) is 0. The van der Waals surface area contributed by atoms with Gasteiger partial charge in [0.1, 0.15) is 6.10 Å². The molecule has 0 aromatic rings. The van der Waals surface area contributed by atoms with Crippen LogP contribution in [0.3, 0.4) is 0 Å². The van der Waals surface area contributed by atoms with Gasteiger partial charge in [0.05, 0.1) is 0 Å². The Morgan fingerprint density at radius 3 is 1.67 bits per heavy atom. The molecule has 56 valence electrons. The average Bonchev–Trinajstić information content (AvgIpc) is 1.36. The van der Waals surface area contributed by atoms with Crippen LogP contribution in [0.4, 0.5) is 0 Å². The van der Waals surface area contributed by atoms with Crippen LogP contribution in [-0.2, 0) is 4.79 Å². The SMILES string of the molecule is CC(O)C(=O)O.O.O.[H-].[H-].[Mg+2]. The zero-order chi connectivity index (χ0) is 5.15. The molecule has 6 N–H and O–H groups in total. The number of carbonyl (C=O) groups is 1. The molecule has 0 bridgehead atoms. The Kier molecular flexibility index (Phi) is 28.0. The van der Waals surface area contributed by atoms with Crippen molar-refractivity contribution < 1.29 is 28.8 Å². The first-order valence-corrected chi connectivity index (χ1v) is 1.55. The predicted octanol–water partition coefficient (Wildman–Crippen LogP) is -2.35. The van der Waals surface area contributed by atoms with E-state index in [-0.39, 0.29) is 36.9 Å². The Bertz CT molecular complexity index is 70.7. The second-order valence-corrected chi connectivity index (χ2v) is 1.01. The Morgan fingerprint density at radius 1 is 1.56 bits per heavy atom. The molecule has 1 atom stereocenters. The number of hydrogen-bond donors (Lipinski definition) is 2. The molecule has 0 aliphatic carbocycles. The van der Waals surface area contributed by atoms with Crippen LogP contribution in [-0.4, -0.2) is 56.3 Å². The van der Waals surface area contributed by atoms with Crippen molar-refractivity contribution in [3.05, 3.63) is 0 Å². The van der Waals surface area contributed by atoms with Gasteiger partial charge in [-0.05, 0) is 6.92 Å². The van der Waals surface area contributed by atoms with E-state index in [0.717, 1.165) is 0 Å². The van der Waals surface area contributed by atoms with Gasteiger partial charge in [-0.25, -0.2) is 4.79 Å². The van der Waals surface area contributed by atoms with E-state index >= 15 is 0 Å². The third kappa shape index (κ3) is 17.9. The van der Waals surface area contributed by atoms with E-state index in [4.69, 9.17) is 10.2 Å². The standard InChI is InChI=1S/C3H6O3.Mg.2H2O.2H/c1-2(4)3(5)6;;;;;/h2,4H,1H3,(H,5,6);;2*1H2;;/q;+2;;;2*-1. The quantitative estimate of drug-likeness (QED) is 0.409. The van der Waals surface area contributed by atoms with Crippen molar-refractivity contribution in [1.82, 2.24) is 0 Å². The summed E-state index contributed by atoms with van der Waals surface area (Å²) in [6.45, 7) is 1.20. The molecule has 0 aliphatic heterocycles. The fourth-order valence-electron chi connectivity index (χ4n) is 0. The van der Waals surface area contributed by atoms with Gasteiger partial charge in [-0.3, -0.25) is 0 Å². The van der Waals surface area contributed by atoms with E-state index < -0.39 is 12.1 Å². The molecule has 0 spiro atoms. The van der Waals surface area contributed by atoms with E-state index in [0.29, 0.717) is 0 Å². The summed E-state index contributed by atoms with van der Waals surface area (Å²) in [5.74, 6) is -1.19. The van der Waals surface area contributed by atoms with Gasteiger partial charge in [-0.1, -0.05) is 0 Å². The third-order valence-corrected chi connectivity index (χ3v) is 0.357. The zero-order valence-electron chi connectivity index (χ0n) is 7.09. The average molecular weight is 152 g/mol. The molecule has 1 unspecified atom stereocenters. The summed E-state index contributed by atoms with van der Waals surface area (Å²) < 4.78 is 0. The van der Waals surface area contributed by atoms with Crippen LogP contribution in [0.1, 0.15) is 9.78 Å². The van der Waals surface area contributed by atoms with Gasteiger partial charge < -0.3 is 24.0 Å². The van der Waals surface area contributed by atoms with Crippen LogP contribution in [0.25, 0.3) is 0 Å². The molecule has 6 heteroatoms. The molecule has 0 rings (SSSR count). The van der Waals surface area contributed by atoms with Crippen LogP contribution >= 0.6 is 0 Å². The number of carboxylic acids is 1. The van der Waals surface area contributed by atoms with E-state index in [1.165, 1.54) is 6.92 Å². The number of carboxylic acid groups (broad SMARTS) is 1. The van der Waals surface area contributed by atoms with E-state index in [9.17, 15) is 4.79 Å². The van der Waals surface area contributed by atoms with Crippen LogP contribution < -0.4 is 0 Å². The number of aliphatic carboxylic acids is 1. The van der Waals surface area contributed by atoms with Gasteiger partial charge in [-0.15, -0.1) is 0 Å².